The van der Waals surface area contributed by atoms with E-state index in [0.717, 1.165) is 34.7 Å². The van der Waals surface area contributed by atoms with E-state index in [2.05, 4.69) is 4.98 Å². The molecule has 1 fully saturated rings. The third-order valence-corrected chi connectivity index (χ3v) is 7.43. The van der Waals surface area contributed by atoms with Crippen molar-refractivity contribution in [2.24, 2.45) is 0 Å². The van der Waals surface area contributed by atoms with E-state index in [1.807, 2.05) is 52.8 Å². The molecule has 1 N–H and O–H groups in total. The Kier molecular flexibility index (Phi) is 6.48. The topological polar surface area (TPSA) is 59.2 Å². The van der Waals surface area contributed by atoms with E-state index in [1.54, 1.807) is 0 Å². The van der Waals surface area contributed by atoms with Crippen molar-refractivity contribution in [3.8, 4) is 0 Å². The number of benzene rings is 1. The Morgan fingerprint density at radius 3 is 2.92 bits per heavy atom. The molecule has 1 saturated heterocycles. The number of H-pyrrole nitrogens is 1. The average molecular weight is 378 g/mol. The van der Waals surface area contributed by atoms with Gasteiger partial charge in [0.1, 0.15) is 0 Å². The maximum Gasteiger partial charge on any atom is 0.306 e. The molecule has 25 heavy (non-hydrogen) atoms. The molecule has 0 spiro atoms. The summed E-state index contributed by atoms with van der Waals surface area (Å²) < 4.78 is 5.19. The molecule has 0 saturated carbocycles. The minimum absolute atomic E-state index is 0.150. The minimum atomic E-state index is -0.278. The monoisotopic (exact) mass is 377 g/mol. The predicted octanol–water partition coefficient (Wildman–Crippen LogP) is 4.92. The van der Waals surface area contributed by atoms with Crippen molar-refractivity contribution in [3.05, 3.63) is 35.5 Å². The van der Waals surface area contributed by atoms with Crippen LogP contribution >= 0.6 is 21.6 Å². The number of ether oxygens (including phenoxy) is 1. The standard InChI is InChI=1S/C19H23NO3S2/c1-13-19(15-7-3-4-8-16(15)20-13)17(21)12-23-18(22)9-5-2-6-14-10-11-24-25-14/h3-4,7-8,14,20H,2,5-6,9-12H2,1H3/t14-/m1/s1. The zero-order valence-corrected chi connectivity index (χ0v) is 16.0. The summed E-state index contributed by atoms with van der Waals surface area (Å²) in [6, 6.07) is 7.67. The summed E-state index contributed by atoms with van der Waals surface area (Å²) in [4.78, 5) is 27.5. The van der Waals surface area contributed by atoms with Crippen molar-refractivity contribution in [3.63, 3.8) is 0 Å². The van der Waals surface area contributed by atoms with E-state index in [9.17, 15) is 9.59 Å². The zero-order valence-electron chi connectivity index (χ0n) is 14.4. The highest BCUT2D eigenvalue weighted by Gasteiger charge is 2.18. The van der Waals surface area contributed by atoms with E-state index in [4.69, 9.17) is 4.74 Å². The fourth-order valence-corrected chi connectivity index (χ4v) is 6.16. The van der Waals surface area contributed by atoms with Crippen LogP contribution in [0, 0.1) is 6.92 Å². The number of hydrogen-bond acceptors (Lipinski definition) is 5. The highest BCUT2D eigenvalue weighted by molar-refractivity contribution is 8.77. The molecule has 2 heterocycles. The largest absolute Gasteiger partial charge is 0.457 e. The Balaban J connectivity index is 1.43. The van der Waals surface area contributed by atoms with E-state index >= 15 is 0 Å². The molecule has 1 aliphatic heterocycles. The Morgan fingerprint density at radius 1 is 1.28 bits per heavy atom. The van der Waals surface area contributed by atoms with Gasteiger partial charge in [0.2, 0.25) is 5.78 Å². The number of rotatable bonds is 8. The van der Waals surface area contributed by atoms with Gasteiger partial charge in [0, 0.05) is 39.6 Å². The van der Waals surface area contributed by atoms with Gasteiger partial charge in [-0.25, -0.2) is 0 Å². The van der Waals surface area contributed by atoms with Crippen molar-refractivity contribution in [2.45, 2.75) is 44.3 Å². The fraction of sp³-hybridized carbons (Fsp3) is 0.474. The lowest BCUT2D eigenvalue weighted by Gasteiger charge is -2.07. The highest BCUT2D eigenvalue weighted by atomic mass is 33.1. The Labute approximate surface area is 155 Å². The van der Waals surface area contributed by atoms with Crippen molar-refractivity contribution in [2.75, 3.05) is 12.4 Å². The first-order valence-corrected chi connectivity index (χ1v) is 11.1. The first-order valence-electron chi connectivity index (χ1n) is 8.69. The molecule has 134 valence electrons. The van der Waals surface area contributed by atoms with Gasteiger partial charge in [0.05, 0.1) is 0 Å². The fourth-order valence-electron chi connectivity index (χ4n) is 3.13. The van der Waals surface area contributed by atoms with Crippen LogP contribution in [-0.2, 0) is 9.53 Å². The zero-order chi connectivity index (χ0) is 17.6. The molecule has 4 nitrogen and oxygen atoms in total. The molecular formula is C19H23NO3S2. The van der Waals surface area contributed by atoms with E-state index in [1.165, 1.54) is 18.6 Å². The Bertz CT molecular complexity index is 750. The smallest absolute Gasteiger partial charge is 0.306 e. The van der Waals surface area contributed by atoms with Gasteiger partial charge in [-0.2, -0.15) is 0 Å². The molecule has 0 amide bonds. The van der Waals surface area contributed by atoms with E-state index in [-0.39, 0.29) is 18.4 Å². The number of nitrogens with one attached hydrogen (secondary N) is 1. The van der Waals surface area contributed by atoms with Crippen LogP contribution in [-0.4, -0.2) is 34.3 Å². The molecular weight excluding hydrogens is 354 g/mol. The van der Waals surface area contributed by atoms with Crippen LogP contribution in [0.2, 0.25) is 0 Å². The first kappa shape index (κ1) is 18.4. The molecule has 1 aromatic carbocycles. The summed E-state index contributed by atoms with van der Waals surface area (Å²) in [5.74, 6) is 0.814. The second-order valence-electron chi connectivity index (χ2n) is 6.33. The summed E-state index contributed by atoms with van der Waals surface area (Å²) in [6.45, 7) is 1.69. The van der Waals surface area contributed by atoms with Gasteiger partial charge in [-0.1, -0.05) is 46.2 Å². The first-order chi connectivity index (χ1) is 12.1. The van der Waals surface area contributed by atoms with Crippen molar-refractivity contribution in [1.29, 1.82) is 0 Å². The Hall–Kier alpha value is -1.40. The lowest BCUT2D eigenvalue weighted by molar-refractivity contribution is -0.142. The molecule has 0 radical (unpaired) electrons. The molecule has 1 aromatic heterocycles. The number of aromatic amines is 1. The maximum absolute atomic E-state index is 12.4. The molecule has 0 unspecified atom stereocenters. The number of para-hydroxylation sites is 1. The van der Waals surface area contributed by atoms with Crippen LogP contribution in [0.5, 0.6) is 0 Å². The number of fused-ring (bicyclic) bond motifs is 1. The van der Waals surface area contributed by atoms with Crippen LogP contribution in [0.1, 0.15) is 48.2 Å². The Morgan fingerprint density at radius 2 is 2.12 bits per heavy atom. The van der Waals surface area contributed by atoms with E-state index in [0.29, 0.717) is 12.0 Å². The van der Waals surface area contributed by atoms with Crippen LogP contribution in [0.4, 0.5) is 0 Å². The van der Waals surface area contributed by atoms with Gasteiger partial charge < -0.3 is 9.72 Å². The van der Waals surface area contributed by atoms with Gasteiger partial charge in [0.15, 0.2) is 6.61 Å². The SMILES string of the molecule is Cc1[nH]c2ccccc2c1C(=O)COC(=O)CCCC[C@@H]1CCSS1. The van der Waals surface area contributed by atoms with Crippen LogP contribution in [0.3, 0.4) is 0 Å². The quantitative estimate of drug-likeness (QED) is 0.306. The second kappa shape index (κ2) is 8.81. The average Bonchev–Trinajstić information content (AvgIpc) is 3.23. The van der Waals surface area contributed by atoms with Crippen LogP contribution < -0.4 is 0 Å². The summed E-state index contributed by atoms with van der Waals surface area (Å²) in [6.07, 6.45) is 4.71. The summed E-state index contributed by atoms with van der Waals surface area (Å²) in [5, 5.41) is 1.63. The van der Waals surface area contributed by atoms with Crippen molar-refractivity contribution >= 4 is 44.2 Å². The molecule has 6 heteroatoms. The van der Waals surface area contributed by atoms with Crippen LogP contribution in [0.15, 0.2) is 24.3 Å². The van der Waals surface area contributed by atoms with Gasteiger partial charge in [-0.15, -0.1) is 0 Å². The number of esters is 1. The number of hydrogen-bond donors (Lipinski definition) is 1. The third kappa shape index (κ3) is 4.82. The lowest BCUT2D eigenvalue weighted by atomic mass is 10.1. The number of carbonyl (C=O) groups excluding carboxylic acids is 2. The molecule has 1 aliphatic rings. The van der Waals surface area contributed by atoms with Gasteiger partial charge in [0.25, 0.3) is 0 Å². The number of ketones is 1. The van der Waals surface area contributed by atoms with Crippen molar-refractivity contribution in [1.82, 2.24) is 4.98 Å². The predicted molar refractivity (Wildman–Crippen MR) is 105 cm³/mol. The molecule has 1 atom stereocenters. The van der Waals surface area contributed by atoms with Crippen LogP contribution in [0.25, 0.3) is 10.9 Å². The number of aromatic nitrogens is 1. The maximum atomic E-state index is 12.4. The van der Waals surface area contributed by atoms with Gasteiger partial charge >= 0.3 is 5.97 Å². The lowest BCUT2D eigenvalue weighted by Crippen LogP contribution is -2.14. The number of aryl methyl sites for hydroxylation is 1. The molecule has 0 aliphatic carbocycles. The second-order valence-corrected chi connectivity index (χ2v) is 9.12. The number of unbranched alkanes of at least 4 members (excludes halogenated alkanes) is 1. The molecule has 0 bridgehead atoms. The summed E-state index contributed by atoms with van der Waals surface area (Å²) in [7, 11) is 3.91. The normalized spacial score (nSPS) is 17.1. The van der Waals surface area contributed by atoms with E-state index < -0.39 is 0 Å². The van der Waals surface area contributed by atoms with Crippen molar-refractivity contribution < 1.29 is 14.3 Å². The number of carbonyl (C=O) groups is 2. The van der Waals surface area contributed by atoms with Gasteiger partial charge in [-0.3, -0.25) is 9.59 Å². The highest BCUT2D eigenvalue weighted by Crippen LogP contribution is 2.39. The minimum Gasteiger partial charge on any atom is -0.457 e. The van der Waals surface area contributed by atoms with Gasteiger partial charge in [-0.05, 0) is 32.3 Å². The summed E-state index contributed by atoms with van der Waals surface area (Å²) >= 11 is 0. The third-order valence-electron chi connectivity index (χ3n) is 4.42. The summed E-state index contributed by atoms with van der Waals surface area (Å²) in [5.41, 5.74) is 2.37. The molecule has 3 rings (SSSR count). The molecule has 2 aromatic rings. The number of Topliss-reactive ketones (excluding diaryl/α,β-unsaturated/α-hetero) is 1.